The van der Waals surface area contributed by atoms with E-state index in [0.717, 1.165) is 28.3 Å². The number of methoxy groups -OCH3 is 1. The van der Waals surface area contributed by atoms with E-state index in [0.29, 0.717) is 4.77 Å². The molecular formula is C15H16N2O2S. The van der Waals surface area contributed by atoms with Crippen LogP contribution in [0.5, 0.6) is 5.75 Å². The van der Waals surface area contributed by atoms with Crippen LogP contribution in [0.4, 0.5) is 0 Å². The van der Waals surface area contributed by atoms with E-state index in [9.17, 15) is 0 Å². The van der Waals surface area contributed by atoms with Gasteiger partial charge in [0.2, 0.25) is 0 Å². The van der Waals surface area contributed by atoms with Gasteiger partial charge in [0.15, 0.2) is 4.77 Å². The molecule has 2 aromatic heterocycles. The highest BCUT2D eigenvalue weighted by molar-refractivity contribution is 7.71. The van der Waals surface area contributed by atoms with Crippen molar-refractivity contribution in [3.8, 4) is 5.75 Å². The fraction of sp³-hybridized carbons (Fsp3) is 0.267. The zero-order valence-corrected chi connectivity index (χ0v) is 12.5. The number of para-hydroxylation sites is 1. The first-order valence-corrected chi connectivity index (χ1v) is 6.86. The number of fused-ring (bicyclic) bond motifs is 1. The Bertz CT molecular complexity index is 813. The summed E-state index contributed by atoms with van der Waals surface area (Å²) < 4.78 is 13.8. The molecule has 1 N–H and O–H groups in total. The summed E-state index contributed by atoms with van der Waals surface area (Å²) in [6.45, 7) is 4.01. The normalized spacial score (nSPS) is 12.8. The van der Waals surface area contributed by atoms with E-state index in [2.05, 4.69) is 11.9 Å². The first-order valence-electron chi connectivity index (χ1n) is 6.45. The number of aromatic nitrogens is 2. The van der Waals surface area contributed by atoms with Crippen LogP contribution in [0.15, 0.2) is 34.7 Å². The van der Waals surface area contributed by atoms with Crippen molar-refractivity contribution in [3.63, 3.8) is 0 Å². The van der Waals surface area contributed by atoms with E-state index in [1.165, 1.54) is 0 Å². The summed E-state index contributed by atoms with van der Waals surface area (Å²) in [6, 6.07) is 9.87. The van der Waals surface area contributed by atoms with Crippen LogP contribution in [-0.2, 0) is 0 Å². The molecule has 0 spiro atoms. The highest BCUT2D eigenvalue weighted by atomic mass is 32.1. The van der Waals surface area contributed by atoms with E-state index < -0.39 is 0 Å². The topological polar surface area (TPSA) is 43.1 Å². The number of hydrogen-bond acceptors (Lipinski definition) is 3. The standard InChI is InChI=1S/C15H16N2O2S/c1-9-7-8-12(19-9)10(2)17-11-5-4-6-13(18-3)14(11)16-15(17)20/h4-8,10H,1-3H3,(H,16,20). The van der Waals surface area contributed by atoms with Crippen LogP contribution in [-0.4, -0.2) is 16.7 Å². The maximum absolute atomic E-state index is 5.72. The molecule has 0 bridgehead atoms. The summed E-state index contributed by atoms with van der Waals surface area (Å²) >= 11 is 5.45. The van der Waals surface area contributed by atoms with Gasteiger partial charge in [0.25, 0.3) is 0 Å². The summed E-state index contributed by atoms with van der Waals surface area (Å²) in [4.78, 5) is 3.22. The van der Waals surface area contributed by atoms with Crippen molar-refractivity contribution in [2.24, 2.45) is 0 Å². The predicted molar refractivity (Wildman–Crippen MR) is 80.9 cm³/mol. The lowest BCUT2D eigenvalue weighted by Crippen LogP contribution is -2.05. The van der Waals surface area contributed by atoms with Gasteiger partial charge in [-0.2, -0.15) is 0 Å². The first-order chi connectivity index (χ1) is 9.61. The fourth-order valence-electron chi connectivity index (χ4n) is 2.48. The second kappa shape index (κ2) is 4.83. The van der Waals surface area contributed by atoms with Crippen molar-refractivity contribution in [1.82, 2.24) is 9.55 Å². The lowest BCUT2D eigenvalue weighted by molar-refractivity contribution is 0.419. The van der Waals surface area contributed by atoms with Gasteiger partial charge in [-0.05, 0) is 50.3 Å². The molecule has 2 heterocycles. The summed E-state index contributed by atoms with van der Waals surface area (Å²) in [6.07, 6.45) is 0. The molecule has 0 aliphatic rings. The van der Waals surface area contributed by atoms with E-state index in [-0.39, 0.29) is 6.04 Å². The third kappa shape index (κ3) is 1.94. The second-order valence-corrected chi connectivity index (χ2v) is 5.17. The Labute approximate surface area is 122 Å². The van der Waals surface area contributed by atoms with Crippen LogP contribution in [0.2, 0.25) is 0 Å². The van der Waals surface area contributed by atoms with E-state index in [1.54, 1.807) is 7.11 Å². The molecule has 0 aliphatic heterocycles. The molecule has 0 aliphatic carbocycles. The van der Waals surface area contributed by atoms with Crippen LogP contribution in [0.25, 0.3) is 11.0 Å². The van der Waals surface area contributed by atoms with Crippen molar-refractivity contribution in [1.29, 1.82) is 0 Å². The van der Waals surface area contributed by atoms with Crippen molar-refractivity contribution in [2.45, 2.75) is 19.9 Å². The number of aryl methyl sites for hydroxylation is 1. The molecule has 1 aromatic carbocycles. The fourth-order valence-corrected chi connectivity index (χ4v) is 2.84. The number of nitrogens with zero attached hydrogens (tertiary/aromatic N) is 1. The molecular weight excluding hydrogens is 272 g/mol. The van der Waals surface area contributed by atoms with Crippen LogP contribution in [0.3, 0.4) is 0 Å². The number of ether oxygens (including phenoxy) is 1. The zero-order chi connectivity index (χ0) is 14.3. The SMILES string of the molecule is COc1cccc2c1[nH]c(=S)n2C(C)c1ccc(C)o1. The number of nitrogens with one attached hydrogen (secondary N) is 1. The number of furan rings is 1. The van der Waals surface area contributed by atoms with E-state index >= 15 is 0 Å². The molecule has 0 radical (unpaired) electrons. The monoisotopic (exact) mass is 288 g/mol. The van der Waals surface area contributed by atoms with Crippen LogP contribution in [0.1, 0.15) is 24.5 Å². The Morgan fingerprint density at radius 2 is 2.10 bits per heavy atom. The van der Waals surface area contributed by atoms with Crippen molar-refractivity contribution >= 4 is 23.3 Å². The largest absolute Gasteiger partial charge is 0.494 e. The number of imidazole rings is 1. The molecule has 0 amide bonds. The molecule has 3 rings (SSSR count). The Balaban J connectivity index is 2.21. The average molecular weight is 288 g/mol. The molecule has 0 saturated carbocycles. The predicted octanol–water partition coefficient (Wildman–Crippen LogP) is 4.22. The Morgan fingerprint density at radius 1 is 1.30 bits per heavy atom. The molecule has 3 aromatic rings. The molecule has 1 atom stereocenters. The lowest BCUT2D eigenvalue weighted by atomic mass is 10.2. The van der Waals surface area contributed by atoms with Gasteiger partial charge in [0.05, 0.1) is 18.7 Å². The number of rotatable bonds is 3. The summed E-state index contributed by atoms with van der Waals surface area (Å²) in [5.41, 5.74) is 1.92. The second-order valence-electron chi connectivity index (χ2n) is 4.78. The molecule has 20 heavy (non-hydrogen) atoms. The van der Waals surface area contributed by atoms with Gasteiger partial charge in [0, 0.05) is 0 Å². The van der Waals surface area contributed by atoms with Gasteiger partial charge in [0.1, 0.15) is 22.8 Å². The van der Waals surface area contributed by atoms with Gasteiger partial charge < -0.3 is 18.7 Å². The molecule has 0 saturated heterocycles. The van der Waals surface area contributed by atoms with Gasteiger partial charge in [-0.1, -0.05) is 6.07 Å². The molecule has 1 unspecified atom stereocenters. The van der Waals surface area contributed by atoms with Crippen LogP contribution >= 0.6 is 12.2 Å². The summed E-state index contributed by atoms with van der Waals surface area (Å²) in [5.74, 6) is 2.58. The molecule has 104 valence electrons. The lowest BCUT2D eigenvalue weighted by Gasteiger charge is -2.12. The average Bonchev–Trinajstić information content (AvgIpc) is 3.00. The van der Waals surface area contributed by atoms with Gasteiger partial charge in [-0.25, -0.2) is 0 Å². The Kier molecular flexibility index (Phi) is 3.14. The number of aromatic amines is 1. The maximum atomic E-state index is 5.72. The summed E-state index contributed by atoms with van der Waals surface area (Å²) in [5, 5.41) is 0. The van der Waals surface area contributed by atoms with Crippen molar-refractivity contribution in [3.05, 3.63) is 46.6 Å². The maximum Gasteiger partial charge on any atom is 0.178 e. The van der Waals surface area contributed by atoms with Gasteiger partial charge >= 0.3 is 0 Å². The molecule has 5 heteroatoms. The quantitative estimate of drug-likeness (QED) is 0.734. The number of hydrogen-bond donors (Lipinski definition) is 1. The minimum atomic E-state index is 0.0251. The van der Waals surface area contributed by atoms with Crippen molar-refractivity contribution in [2.75, 3.05) is 7.11 Å². The van der Waals surface area contributed by atoms with E-state index in [1.807, 2.05) is 41.8 Å². The van der Waals surface area contributed by atoms with E-state index in [4.69, 9.17) is 21.4 Å². The zero-order valence-electron chi connectivity index (χ0n) is 11.6. The third-order valence-corrected chi connectivity index (χ3v) is 3.79. The first kappa shape index (κ1) is 13.0. The Morgan fingerprint density at radius 3 is 2.75 bits per heavy atom. The smallest absolute Gasteiger partial charge is 0.178 e. The Hall–Kier alpha value is -2.01. The highest BCUT2D eigenvalue weighted by Crippen LogP contribution is 2.29. The van der Waals surface area contributed by atoms with Crippen LogP contribution < -0.4 is 4.74 Å². The minimum absolute atomic E-state index is 0.0251. The molecule has 4 nitrogen and oxygen atoms in total. The molecule has 0 fully saturated rings. The minimum Gasteiger partial charge on any atom is -0.494 e. The summed E-state index contributed by atoms with van der Waals surface area (Å²) in [7, 11) is 1.66. The van der Waals surface area contributed by atoms with Crippen LogP contribution in [0, 0.1) is 11.7 Å². The number of benzene rings is 1. The van der Waals surface area contributed by atoms with Gasteiger partial charge in [-0.15, -0.1) is 0 Å². The number of H-pyrrole nitrogens is 1. The van der Waals surface area contributed by atoms with Gasteiger partial charge in [-0.3, -0.25) is 0 Å². The third-order valence-electron chi connectivity index (χ3n) is 3.49. The van der Waals surface area contributed by atoms with Crippen molar-refractivity contribution < 1.29 is 9.15 Å². The highest BCUT2D eigenvalue weighted by Gasteiger charge is 2.17.